The molecule has 1 heterocycles. The second-order valence-electron chi connectivity index (χ2n) is 3.59. The Kier molecular flexibility index (Phi) is 3.67. The first-order valence-electron chi connectivity index (χ1n) is 5.30. The number of halogens is 1. The van der Waals surface area contributed by atoms with Crippen molar-refractivity contribution in [2.45, 2.75) is 13.2 Å². The Morgan fingerprint density at radius 2 is 1.88 bits per heavy atom. The van der Waals surface area contributed by atoms with E-state index in [1.165, 1.54) is 12.1 Å². The molecule has 1 aromatic carbocycles. The third kappa shape index (κ3) is 3.01. The molecule has 88 valence electrons. The van der Waals surface area contributed by atoms with E-state index in [0.717, 1.165) is 11.1 Å². The number of aromatic nitrogens is 1. The maximum Gasteiger partial charge on any atom is 0.123 e. The molecule has 2 aromatic rings. The molecule has 0 aliphatic heterocycles. The van der Waals surface area contributed by atoms with Crippen molar-refractivity contribution in [3.05, 3.63) is 59.7 Å². The smallest absolute Gasteiger partial charge is 0.123 e. The summed E-state index contributed by atoms with van der Waals surface area (Å²) in [6.45, 7) is 0.830. The summed E-state index contributed by atoms with van der Waals surface area (Å²) in [4.78, 5) is 4.00. The molecule has 1 aromatic heterocycles. The fourth-order valence-electron chi connectivity index (χ4n) is 1.47. The van der Waals surface area contributed by atoms with Gasteiger partial charge in [-0.15, -0.1) is 0 Å². The predicted octanol–water partition coefficient (Wildman–Crippen LogP) is 2.26. The lowest BCUT2D eigenvalue weighted by molar-refractivity contribution is 0.304. The number of hydrogen-bond acceptors (Lipinski definition) is 3. The zero-order valence-electron chi connectivity index (χ0n) is 9.27. The van der Waals surface area contributed by atoms with Crippen molar-refractivity contribution in [1.82, 2.24) is 4.98 Å². The largest absolute Gasteiger partial charge is 0.489 e. The Hall–Kier alpha value is -1.94. The third-order valence-corrected chi connectivity index (χ3v) is 2.43. The van der Waals surface area contributed by atoms with Gasteiger partial charge in [-0.05, 0) is 41.5 Å². The number of pyridine rings is 1. The van der Waals surface area contributed by atoms with Gasteiger partial charge in [0.05, 0.1) is 0 Å². The van der Waals surface area contributed by atoms with Crippen LogP contribution in [0.5, 0.6) is 5.75 Å². The molecule has 0 radical (unpaired) electrons. The van der Waals surface area contributed by atoms with Gasteiger partial charge in [-0.25, -0.2) is 4.39 Å². The lowest BCUT2D eigenvalue weighted by atomic mass is 10.1. The topological polar surface area (TPSA) is 48.1 Å². The van der Waals surface area contributed by atoms with Gasteiger partial charge in [0.25, 0.3) is 0 Å². The van der Waals surface area contributed by atoms with Gasteiger partial charge in [0, 0.05) is 18.9 Å². The van der Waals surface area contributed by atoms with Crippen LogP contribution in [0.4, 0.5) is 4.39 Å². The van der Waals surface area contributed by atoms with Gasteiger partial charge in [-0.3, -0.25) is 4.98 Å². The number of benzene rings is 1. The summed E-state index contributed by atoms with van der Waals surface area (Å²) in [5, 5.41) is 0. The third-order valence-electron chi connectivity index (χ3n) is 2.43. The summed E-state index contributed by atoms with van der Waals surface area (Å²) < 4.78 is 18.2. The molecule has 17 heavy (non-hydrogen) atoms. The minimum absolute atomic E-state index is 0.274. The van der Waals surface area contributed by atoms with Crippen LogP contribution in [-0.4, -0.2) is 4.98 Å². The highest BCUT2D eigenvalue weighted by Crippen LogP contribution is 2.14. The van der Waals surface area contributed by atoms with Crippen molar-refractivity contribution in [3.63, 3.8) is 0 Å². The Labute approximate surface area is 99.1 Å². The lowest BCUT2D eigenvalue weighted by Gasteiger charge is -2.09. The van der Waals surface area contributed by atoms with Crippen molar-refractivity contribution in [3.8, 4) is 5.75 Å². The summed E-state index contributed by atoms with van der Waals surface area (Å²) in [5.41, 5.74) is 7.54. The maximum atomic E-state index is 12.7. The highest BCUT2D eigenvalue weighted by molar-refractivity contribution is 5.25. The molecule has 0 aliphatic rings. The number of nitrogens with two attached hydrogens (primary N) is 1. The molecule has 0 unspecified atom stereocenters. The Balaban J connectivity index is 2.04. The standard InChI is InChI=1S/C13H13FN2O/c14-12-1-3-13(4-2-12)17-9-10-5-6-16-8-11(10)7-15/h1-6,8H,7,9,15H2. The molecular weight excluding hydrogens is 219 g/mol. The van der Waals surface area contributed by atoms with Gasteiger partial charge < -0.3 is 10.5 Å². The first-order valence-corrected chi connectivity index (χ1v) is 5.30. The van der Waals surface area contributed by atoms with Crippen molar-refractivity contribution < 1.29 is 9.13 Å². The number of hydrogen-bond donors (Lipinski definition) is 1. The van der Waals surface area contributed by atoms with Crippen LogP contribution in [0.25, 0.3) is 0 Å². The van der Waals surface area contributed by atoms with E-state index < -0.39 is 0 Å². The van der Waals surface area contributed by atoms with Crippen LogP contribution < -0.4 is 10.5 Å². The summed E-state index contributed by atoms with van der Waals surface area (Å²) in [5.74, 6) is 0.357. The number of ether oxygens (including phenoxy) is 1. The lowest BCUT2D eigenvalue weighted by Crippen LogP contribution is -2.05. The second kappa shape index (κ2) is 5.41. The minimum Gasteiger partial charge on any atom is -0.489 e. The Morgan fingerprint density at radius 3 is 2.59 bits per heavy atom. The highest BCUT2D eigenvalue weighted by atomic mass is 19.1. The molecule has 2 N–H and O–H groups in total. The summed E-state index contributed by atoms with van der Waals surface area (Å²) >= 11 is 0. The number of nitrogens with zero attached hydrogens (tertiary/aromatic N) is 1. The van der Waals surface area contributed by atoms with Crippen LogP contribution in [0.3, 0.4) is 0 Å². The van der Waals surface area contributed by atoms with Crippen LogP contribution in [0.15, 0.2) is 42.7 Å². The Bertz CT molecular complexity index is 485. The summed E-state index contributed by atoms with van der Waals surface area (Å²) in [7, 11) is 0. The van der Waals surface area contributed by atoms with E-state index in [1.807, 2.05) is 6.07 Å². The zero-order valence-corrected chi connectivity index (χ0v) is 9.27. The molecule has 0 saturated heterocycles. The molecule has 0 amide bonds. The fraction of sp³-hybridized carbons (Fsp3) is 0.154. The summed E-state index contributed by atoms with van der Waals surface area (Å²) in [6.07, 6.45) is 3.42. The van der Waals surface area contributed by atoms with Crippen LogP contribution >= 0.6 is 0 Å². The second-order valence-corrected chi connectivity index (χ2v) is 3.59. The van der Waals surface area contributed by atoms with Crippen LogP contribution in [0.2, 0.25) is 0 Å². The van der Waals surface area contributed by atoms with Gasteiger partial charge in [0.15, 0.2) is 0 Å². The molecule has 0 fully saturated rings. The van der Waals surface area contributed by atoms with Gasteiger partial charge in [0.1, 0.15) is 18.2 Å². The van der Waals surface area contributed by atoms with E-state index in [2.05, 4.69) is 4.98 Å². The fourth-order valence-corrected chi connectivity index (χ4v) is 1.47. The SMILES string of the molecule is NCc1cnccc1COc1ccc(F)cc1. The highest BCUT2D eigenvalue weighted by Gasteiger charge is 2.01. The molecule has 0 saturated carbocycles. The van der Waals surface area contributed by atoms with Gasteiger partial charge in [0.2, 0.25) is 0 Å². The normalized spacial score (nSPS) is 10.2. The van der Waals surface area contributed by atoms with Crippen LogP contribution in [0, 0.1) is 5.82 Å². The molecule has 0 aliphatic carbocycles. The molecule has 0 bridgehead atoms. The van der Waals surface area contributed by atoms with Crippen LogP contribution in [-0.2, 0) is 13.2 Å². The van der Waals surface area contributed by atoms with Gasteiger partial charge in [-0.2, -0.15) is 0 Å². The molecule has 2 rings (SSSR count). The van der Waals surface area contributed by atoms with Crippen molar-refractivity contribution in [2.75, 3.05) is 0 Å². The van der Waals surface area contributed by atoms with Gasteiger partial charge >= 0.3 is 0 Å². The van der Waals surface area contributed by atoms with Crippen molar-refractivity contribution in [2.24, 2.45) is 5.73 Å². The van der Waals surface area contributed by atoms with E-state index >= 15 is 0 Å². The monoisotopic (exact) mass is 232 g/mol. The average Bonchev–Trinajstić information content (AvgIpc) is 2.38. The van der Waals surface area contributed by atoms with Gasteiger partial charge in [-0.1, -0.05) is 0 Å². The molecular formula is C13H13FN2O. The van der Waals surface area contributed by atoms with Crippen molar-refractivity contribution in [1.29, 1.82) is 0 Å². The first-order chi connectivity index (χ1) is 8.29. The molecule has 0 spiro atoms. The number of rotatable bonds is 4. The van der Waals surface area contributed by atoms with E-state index in [-0.39, 0.29) is 5.82 Å². The molecule has 3 nitrogen and oxygen atoms in total. The first kappa shape index (κ1) is 11.5. The molecule has 0 atom stereocenters. The van der Waals surface area contributed by atoms with Crippen molar-refractivity contribution >= 4 is 0 Å². The quantitative estimate of drug-likeness (QED) is 0.879. The Morgan fingerprint density at radius 1 is 1.12 bits per heavy atom. The summed E-state index contributed by atoms with van der Waals surface area (Å²) in [6, 6.07) is 7.79. The van der Waals surface area contributed by atoms with E-state index in [0.29, 0.717) is 18.9 Å². The predicted molar refractivity (Wildman–Crippen MR) is 62.9 cm³/mol. The average molecular weight is 232 g/mol. The van der Waals surface area contributed by atoms with E-state index in [9.17, 15) is 4.39 Å². The minimum atomic E-state index is -0.274. The molecule has 4 heteroatoms. The maximum absolute atomic E-state index is 12.7. The van der Waals surface area contributed by atoms with Crippen LogP contribution in [0.1, 0.15) is 11.1 Å². The van der Waals surface area contributed by atoms with E-state index in [1.54, 1.807) is 24.5 Å². The zero-order chi connectivity index (χ0) is 12.1. The van der Waals surface area contributed by atoms with E-state index in [4.69, 9.17) is 10.5 Å².